The minimum absolute atomic E-state index is 0.186. The fraction of sp³-hybridized carbons (Fsp3) is 0.0833. The first kappa shape index (κ1) is 12.1. The van der Waals surface area contributed by atoms with E-state index in [-0.39, 0.29) is 11.7 Å². The molecule has 1 amide bonds. The van der Waals surface area contributed by atoms with E-state index in [1.54, 1.807) is 24.3 Å². The monoisotopic (exact) mass is 291 g/mol. The number of thiophene rings is 1. The smallest absolute Gasteiger partial charge is 0.296 e. The Labute approximate surface area is 116 Å². The Kier molecular flexibility index (Phi) is 3.14. The van der Waals surface area contributed by atoms with Crippen molar-refractivity contribution in [2.24, 2.45) is 0 Å². The molecule has 0 aliphatic carbocycles. The lowest BCUT2D eigenvalue weighted by Crippen LogP contribution is -2.10. The molecular formula is C12H9N3O2S2. The van der Waals surface area contributed by atoms with Crippen molar-refractivity contribution in [1.29, 1.82) is 0 Å². The van der Waals surface area contributed by atoms with E-state index in [0.29, 0.717) is 10.8 Å². The van der Waals surface area contributed by atoms with Crippen molar-refractivity contribution in [2.75, 3.05) is 5.32 Å². The first-order chi connectivity index (χ1) is 9.22. The molecule has 0 unspecified atom stereocenters. The number of hydrogen-bond acceptors (Lipinski definition) is 6. The van der Waals surface area contributed by atoms with Gasteiger partial charge in [0.05, 0.1) is 16.3 Å². The van der Waals surface area contributed by atoms with E-state index in [0.717, 1.165) is 10.6 Å². The molecule has 3 rings (SSSR count). The Hall–Kier alpha value is -1.99. The zero-order valence-electron chi connectivity index (χ0n) is 9.91. The Morgan fingerprint density at radius 2 is 2.32 bits per heavy atom. The van der Waals surface area contributed by atoms with Gasteiger partial charge >= 0.3 is 0 Å². The fourth-order valence-electron chi connectivity index (χ4n) is 1.50. The molecule has 0 saturated heterocycles. The average molecular weight is 291 g/mol. The van der Waals surface area contributed by atoms with Crippen molar-refractivity contribution in [3.8, 4) is 10.6 Å². The van der Waals surface area contributed by atoms with Gasteiger partial charge in [0.15, 0.2) is 5.13 Å². The minimum atomic E-state index is -0.340. The van der Waals surface area contributed by atoms with E-state index in [4.69, 9.17) is 4.52 Å². The molecule has 0 radical (unpaired) electrons. The van der Waals surface area contributed by atoms with Crippen LogP contribution in [0.2, 0.25) is 0 Å². The number of aryl methyl sites for hydroxylation is 1. The van der Waals surface area contributed by atoms with E-state index in [9.17, 15) is 4.79 Å². The zero-order chi connectivity index (χ0) is 13.2. The lowest BCUT2D eigenvalue weighted by atomic mass is 10.4. The molecule has 0 saturated carbocycles. The normalized spacial score (nSPS) is 10.6. The highest BCUT2D eigenvalue weighted by atomic mass is 32.1. The highest BCUT2D eigenvalue weighted by Crippen LogP contribution is 2.28. The van der Waals surface area contributed by atoms with Crippen molar-refractivity contribution in [2.45, 2.75) is 6.92 Å². The highest BCUT2D eigenvalue weighted by Gasteiger charge is 2.14. The van der Waals surface area contributed by atoms with Crippen molar-refractivity contribution < 1.29 is 9.32 Å². The Bertz CT molecular complexity index is 700. The lowest BCUT2D eigenvalue weighted by molar-refractivity contribution is 0.0988. The van der Waals surface area contributed by atoms with Crippen LogP contribution in [0.5, 0.6) is 0 Å². The quantitative estimate of drug-likeness (QED) is 0.803. The Morgan fingerprint density at radius 3 is 3.00 bits per heavy atom. The van der Waals surface area contributed by atoms with E-state index < -0.39 is 0 Å². The number of hydrogen-bond donors (Lipinski definition) is 1. The van der Waals surface area contributed by atoms with Crippen LogP contribution in [0.4, 0.5) is 5.13 Å². The molecule has 5 nitrogen and oxygen atoms in total. The summed E-state index contributed by atoms with van der Waals surface area (Å²) in [6.45, 7) is 1.76. The van der Waals surface area contributed by atoms with Crippen LogP contribution in [0.15, 0.2) is 33.5 Å². The van der Waals surface area contributed by atoms with Crippen LogP contribution in [0.1, 0.15) is 16.2 Å². The molecule has 0 bridgehead atoms. The third kappa shape index (κ3) is 2.56. The maximum absolute atomic E-state index is 11.8. The van der Waals surface area contributed by atoms with Crippen molar-refractivity contribution >= 4 is 33.7 Å². The summed E-state index contributed by atoms with van der Waals surface area (Å²) in [5.41, 5.74) is 1.53. The highest BCUT2D eigenvalue weighted by molar-refractivity contribution is 7.16. The molecule has 19 heavy (non-hydrogen) atoms. The van der Waals surface area contributed by atoms with Crippen molar-refractivity contribution in [3.63, 3.8) is 0 Å². The number of carbonyl (C=O) groups excluding carboxylic acids is 1. The van der Waals surface area contributed by atoms with E-state index in [2.05, 4.69) is 15.5 Å². The van der Waals surface area contributed by atoms with Crippen LogP contribution in [0, 0.1) is 6.92 Å². The fourth-order valence-corrected chi connectivity index (χ4v) is 2.96. The van der Waals surface area contributed by atoms with Crippen LogP contribution in [0.25, 0.3) is 10.6 Å². The summed E-state index contributed by atoms with van der Waals surface area (Å²) in [7, 11) is 0. The number of nitrogens with zero attached hydrogens (tertiary/aromatic N) is 2. The van der Waals surface area contributed by atoms with Crippen LogP contribution < -0.4 is 5.32 Å². The van der Waals surface area contributed by atoms with Gasteiger partial charge in [0.2, 0.25) is 5.76 Å². The SMILES string of the molecule is Cc1cc(C(=O)Nc2nc(-c3cccs3)cs2)on1. The van der Waals surface area contributed by atoms with Crippen molar-refractivity contribution in [1.82, 2.24) is 10.1 Å². The van der Waals surface area contributed by atoms with Crippen LogP contribution >= 0.6 is 22.7 Å². The van der Waals surface area contributed by atoms with Gasteiger partial charge in [-0.3, -0.25) is 10.1 Å². The molecule has 7 heteroatoms. The van der Waals surface area contributed by atoms with E-state index in [1.807, 2.05) is 22.9 Å². The second-order valence-electron chi connectivity index (χ2n) is 3.80. The van der Waals surface area contributed by atoms with Gasteiger partial charge in [-0.15, -0.1) is 22.7 Å². The zero-order valence-corrected chi connectivity index (χ0v) is 11.5. The Morgan fingerprint density at radius 1 is 1.42 bits per heavy atom. The maximum Gasteiger partial charge on any atom is 0.296 e. The maximum atomic E-state index is 11.8. The van der Waals surface area contributed by atoms with Gasteiger partial charge in [-0.1, -0.05) is 11.2 Å². The molecule has 3 aromatic rings. The number of thiazole rings is 1. The van der Waals surface area contributed by atoms with E-state index in [1.165, 1.54) is 11.3 Å². The molecule has 0 aliphatic rings. The number of carbonyl (C=O) groups is 1. The lowest BCUT2D eigenvalue weighted by Gasteiger charge is -1.96. The summed E-state index contributed by atoms with van der Waals surface area (Å²) >= 11 is 2.99. The number of rotatable bonds is 3. The molecule has 3 heterocycles. The summed E-state index contributed by atoms with van der Waals surface area (Å²) in [6.07, 6.45) is 0. The standard InChI is InChI=1S/C12H9N3O2S2/c1-7-5-9(17-15-7)11(16)14-12-13-8(6-19-12)10-3-2-4-18-10/h2-6H,1H3,(H,13,14,16). The van der Waals surface area contributed by atoms with Gasteiger partial charge in [0.25, 0.3) is 5.91 Å². The minimum Gasteiger partial charge on any atom is -0.351 e. The topological polar surface area (TPSA) is 68.0 Å². The summed E-state index contributed by atoms with van der Waals surface area (Å²) < 4.78 is 4.89. The molecule has 1 N–H and O–H groups in total. The van der Waals surface area contributed by atoms with Gasteiger partial charge in [0.1, 0.15) is 0 Å². The van der Waals surface area contributed by atoms with Gasteiger partial charge < -0.3 is 4.52 Å². The first-order valence-corrected chi connectivity index (χ1v) is 7.22. The van der Waals surface area contributed by atoms with Gasteiger partial charge in [-0.25, -0.2) is 4.98 Å². The molecule has 0 fully saturated rings. The second-order valence-corrected chi connectivity index (χ2v) is 5.61. The molecule has 96 valence electrons. The molecular weight excluding hydrogens is 282 g/mol. The summed E-state index contributed by atoms with van der Waals surface area (Å²) in [5, 5.41) is 10.8. The van der Waals surface area contributed by atoms with Crippen LogP contribution in [-0.4, -0.2) is 16.0 Å². The first-order valence-electron chi connectivity index (χ1n) is 5.46. The number of nitrogens with one attached hydrogen (secondary N) is 1. The van der Waals surface area contributed by atoms with Gasteiger partial charge in [-0.2, -0.15) is 0 Å². The number of anilines is 1. The number of amides is 1. The van der Waals surface area contributed by atoms with Gasteiger partial charge in [0, 0.05) is 11.4 Å². The molecule has 0 atom stereocenters. The Balaban J connectivity index is 1.76. The molecule has 3 aromatic heterocycles. The third-order valence-electron chi connectivity index (χ3n) is 2.35. The van der Waals surface area contributed by atoms with Crippen LogP contribution in [0.3, 0.4) is 0 Å². The molecule has 0 aromatic carbocycles. The average Bonchev–Trinajstić information content (AvgIpc) is 3.07. The number of aromatic nitrogens is 2. The molecule has 0 aliphatic heterocycles. The van der Waals surface area contributed by atoms with Crippen molar-refractivity contribution in [3.05, 3.63) is 40.4 Å². The third-order valence-corrected chi connectivity index (χ3v) is 4.00. The predicted molar refractivity (Wildman–Crippen MR) is 74.6 cm³/mol. The van der Waals surface area contributed by atoms with E-state index >= 15 is 0 Å². The second kappa shape index (κ2) is 4.94. The summed E-state index contributed by atoms with van der Waals surface area (Å²) in [5.74, 6) is -0.155. The summed E-state index contributed by atoms with van der Waals surface area (Å²) in [4.78, 5) is 17.3. The predicted octanol–water partition coefficient (Wildman–Crippen LogP) is 3.42. The van der Waals surface area contributed by atoms with Gasteiger partial charge in [-0.05, 0) is 18.4 Å². The molecule has 0 spiro atoms. The summed E-state index contributed by atoms with van der Waals surface area (Å²) in [6, 6.07) is 5.54. The van der Waals surface area contributed by atoms with Crippen LogP contribution in [-0.2, 0) is 0 Å². The largest absolute Gasteiger partial charge is 0.351 e.